The summed E-state index contributed by atoms with van der Waals surface area (Å²) in [6, 6.07) is 4.77. The molecule has 0 aliphatic rings. The van der Waals surface area contributed by atoms with Gasteiger partial charge in [-0.05, 0) is 42.5 Å². The average Bonchev–Trinajstić information content (AvgIpc) is 2.77. The van der Waals surface area contributed by atoms with Crippen LogP contribution in [0.15, 0.2) is 23.7 Å². The van der Waals surface area contributed by atoms with Gasteiger partial charge in [0.05, 0.1) is 10.2 Å². The maximum Gasteiger partial charge on any atom is 0.0809 e. The molecular weight excluding hydrogens is 228 g/mol. The number of rotatable bonds is 5. The Morgan fingerprint density at radius 2 is 2.29 bits per heavy atom. The maximum absolute atomic E-state index is 4.52. The summed E-state index contributed by atoms with van der Waals surface area (Å²) in [4.78, 5) is 4.52. The molecule has 0 aliphatic heterocycles. The van der Waals surface area contributed by atoms with Gasteiger partial charge in [-0.3, -0.25) is 4.98 Å². The molecule has 0 saturated carbocycles. The van der Waals surface area contributed by atoms with Crippen LogP contribution < -0.4 is 5.32 Å². The number of nitrogens with one attached hydrogen (secondary N) is 1. The van der Waals surface area contributed by atoms with Crippen LogP contribution in [0.1, 0.15) is 38.3 Å². The summed E-state index contributed by atoms with van der Waals surface area (Å²) < 4.78 is 1.28. The zero-order valence-corrected chi connectivity index (χ0v) is 11.6. The first kappa shape index (κ1) is 12.5. The van der Waals surface area contributed by atoms with Crippen molar-refractivity contribution >= 4 is 21.6 Å². The number of nitrogens with zero attached hydrogens (tertiary/aromatic N) is 1. The highest BCUT2D eigenvalue weighted by atomic mass is 32.1. The zero-order chi connectivity index (χ0) is 12.3. The van der Waals surface area contributed by atoms with E-state index in [2.05, 4.69) is 41.7 Å². The third-order valence-electron chi connectivity index (χ3n) is 3.31. The minimum Gasteiger partial charge on any atom is -0.313 e. The molecular formula is C14H20N2S. The third kappa shape index (κ3) is 2.67. The van der Waals surface area contributed by atoms with E-state index in [0.717, 1.165) is 5.52 Å². The number of hydrogen-bond acceptors (Lipinski definition) is 3. The quantitative estimate of drug-likeness (QED) is 0.865. The summed E-state index contributed by atoms with van der Waals surface area (Å²) in [7, 11) is 2.04. The van der Waals surface area contributed by atoms with E-state index in [1.807, 2.05) is 13.2 Å². The van der Waals surface area contributed by atoms with Crippen LogP contribution in [0.25, 0.3) is 10.2 Å². The van der Waals surface area contributed by atoms with Crippen molar-refractivity contribution in [3.63, 3.8) is 0 Å². The summed E-state index contributed by atoms with van der Waals surface area (Å²) >= 11 is 1.76. The lowest BCUT2D eigenvalue weighted by molar-refractivity contribution is 0.383. The average molecular weight is 248 g/mol. The predicted octanol–water partition coefficient (Wildman–Crippen LogP) is 3.99. The summed E-state index contributed by atoms with van der Waals surface area (Å²) in [6.07, 6.45) is 4.49. The fourth-order valence-electron chi connectivity index (χ4n) is 2.43. The first-order valence-electron chi connectivity index (χ1n) is 6.26. The van der Waals surface area contributed by atoms with E-state index in [-0.39, 0.29) is 0 Å². The minimum atomic E-state index is 0.411. The number of hydrogen-bond donors (Lipinski definition) is 1. The molecule has 3 heteroatoms. The van der Waals surface area contributed by atoms with Gasteiger partial charge in [0.2, 0.25) is 0 Å². The van der Waals surface area contributed by atoms with Crippen LogP contribution in [0.4, 0.5) is 0 Å². The van der Waals surface area contributed by atoms with Gasteiger partial charge in [0.15, 0.2) is 0 Å². The van der Waals surface area contributed by atoms with E-state index in [1.54, 1.807) is 11.3 Å². The van der Waals surface area contributed by atoms with Gasteiger partial charge in [-0.15, -0.1) is 11.3 Å². The summed E-state index contributed by atoms with van der Waals surface area (Å²) in [5.41, 5.74) is 2.42. The van der Waals surface area contributed by atoms with Crippen LogP contribution in [0.3, 0.4) is 0 Å². The largest absolute Gasteiger partial charge is 0.313 e. The molecule has 92 valence electrons. The minimum absolute atomic E-state index is 0.411. The zero-order valence-electron chi connectivity index (χ0n) is 10.7. The van der Waals surface area contributed by atoms with E-state index in [1.165, 1.54) is 23.1 Å². The lowest BCUT2D eigenvalue weighted by atomic mass is 9.92. The lowest BCUT2D eigenvalue weighted by Crippen LogP contribution is -2.23. The van der Waals surface area contributed by atoms with E-state index in [4.69, 9.17) is 0 Å². The molecule has 2 aromatic rings. The molecule has 2 unspecified atom stereocenters. The molecule has 0 aromatic carbocycles. The highest BCUT2D eigenvalue weighted by Crippen LogP contribution is 2.28. The molecule has 0 bridgehead atoms. The molecule has 1 N–H and O–H groups in total. The van der Waals surface area contributed by atoms with Gasteiger partial charge in [0.25, 0.3) is 0 Å². The molecule has 2 aromatic heterocycles. The van der Waals surface area contributed by atoms with E-state index < -0.39 is 0 Å². The summed E-state index contributed by atoms with van der Waals surface area (Å²) in [5, 5.41) is 5.53. The third-order valence-corrected chi connectivity index (χ3v) is 4.16. The van der Waals surface area contributed by atoms with Crippen LogP contribution >= 0.6 is 11.3 Å². The maximum atomic E-state index is 4.52. The molecule has 17 heavy (non-hydrogen) atoms. The molecule has 2 atom stereocenters. The normalized spacial score (nSPS) is 15.0. The van der Waals surface area contributed by atoms with Crippen molar-refractivity contribution in [3.05, 3.63) is 29.3 Å². The van der Waals surface area contributed by atoms with Gasteiger partial charge in [-0.1, -0.05) is 20.3 Å². The second-order valence-corrected chi connectivity index (χ2v) is 5.55. The highest BCUT2D eigenvalue weighted by molar-refractivity contribution is 7.17. The monoisotopic (exact) mass is 248 g/mol. The van der Waals surface area contributed by atoms with Gasteiger partial charge >= 0.3 is 0 Å². The molecule has 0 radical (unpaired) electrons. The standard InChI is InChI=1S/C14H20N2S/c1-4-5-10(2)14(15-3)11-8-13-12(16-9-11)6-7-17-13/h6-10,14-15H,4-5H2,1-3H3. The molecule has 2 nitrogen and oxygen atoms in total. The number of pyridine rings is 1. The molecule has 0 amide bonds. The second-order valence-electron chi connectivity index (χ2n) is 4.60. The summed E-state index contributed by atoms with van der Waals surface area (Å²) in [6.45, 7) is 4.55. The van der Waals surface area contributed by atoms with E-state index in [9.17, 15) is 0 Å². The SMILES string of the molecule is CCCC(C)C(NC)c1cnc2ccsc2c1. The van der Waals surface area contributed by atoms with Crippen molar-refractivity contribution in [3.8, 4) is 0 Å². The van der Waals surface area contributed by atoms with Gasteiger partial charge in [-0.25, -0.2) is 0 Å². The molecule has 0 aliphatic carbocycles. The lowest BCUT2D eigenvalue weighted by Gasteiger charge is -2.23. The Hall–Kier alpha value is -0.930. The Morgan fingerprint density at radius 3 is 3.00 bits per heavy atom. The van der Waals surface area contributed by atoms with Gasteiger partial charge < -0.3 is 5.32 Å². The van der Waals surface area contributed by atoms with Gasteiger partial charge in [0, 0.05) is 12.2 Å². The molecule has 0 fully saturated rings. The van der Waals surface area contributed by atoms with Crippen molar-refractivity contribution in [1.82, 2.24) is 10.3 Å². The Kier molecular flexibility index (Phi) is 4.13. The fraction of sp³-hybridized carbons (Fsp3) is 0.500. The first-order valence-corrected chi connectivity index (χ1v) is 7.14. The molecule has 0 spiro atoms. The smallest absolute Gasteiger partial charge is 0.0809 e. The highest BCUT2D eigenvalue weighted by Gasteiger charge is 2.17. The predicted molar refractivity (Wildman–Crippen MR) is 75.5 cm³/mol. The molecule has 0 saturated heterocycles. The molecule has 2 rings (SSSR count). The van der Waals surface area contributed by atoms with Crippen molar-refractivity contribution in [1.29, 1.82) is 0 Å². The Morgan fingerprint density at radius 1 is 1.47 bits per heavy atom. The van der Waals surface area contributed by atoms with Crippen molar-refractivity contribution < 1.29 is 0 Å². The van der Waals surface area contributed by atoms with Crippen molar-refractivity contribution in [2.45, 2.75) is 32.7 Å². The number of thiophene rings is 1. The van der Waals surface area contributed by atoms with E-state index in [0.29, 0.717) is 12.0 Å². The second kappa shape index (κ2) is 5.61. The topological polar surface area (TPSA) is 24.9 Å². The van der Waals surface area contributed by atoms with Crippen LogP contribution in [-0.2, 0) is 0 Å². The van der Waals surface area contributed by atoms with Gasteiger partial charge in [-0.2, -0.15) is 0 Å². The van der Waals surface area contributed by atoms with E-state index >= 15 is 0 Å². The Labute approximate surface area is 107 Å². The first-order chi connectivity index (χ1) is 8.26. The van der Waals surface area contributed by atoms with Crippen LogP contribution in [0, 0.1) is 5.92 Å². The Bertz CT molecular complexity index is 478. The fourth-order valence-corrected chi connectivity index (χ4v) is 3.22. The van der Waals surface area contributed by atoms with Crippen LogP contribution in [-0.4, -0.2) is 12.0 Å². The van der Waals surface area contributed by atoms with Crippen molar-refractivity contribution in [2.24, 2.45) is 5.92 Å². The number of fused-ring (bicyclic) bond motifs is 1. The molecule has 2 heterocycles. The number of aromatic nitrogens is 1. The van der Waals surface area contributed by atoms with Crippen molar-refractivity contribution in [2.75, 3.05) is 7.05 Å². The van der Waals surface area contributed by atoms with Crippen LogP contribution in [0.5, 0.6) is 0 Å². The van der Waals surface area contributed by atoms with Gasteiger partial charge in [0.1, 0.15) is 0 Å². The Balaban J connectivity index is 2.28. The summed E-state index contributed by atoms with van der Waals surface area (Å²) in [5.74, 6) is 0.643. The van der Waals surface area contributed by atoms with Crippen LogP contribution in [0.2, 0.25) is 0 Å².